The van der Waals surface area contributed by atoms with E-state index < -0.39 is 49.5 Å². The predicted molar refractivity (Wildman–Crippen MR) is 249 cm³/mol. The molecule has 1 saturated heterocycles. The first kappa shape index (κ1) is 56.7. The Hall–Kier alpha value is -1.33. The van der Waals surface area contributed by atoms with Crippen molar-refractivity contribution >= 4 is 5.91 Å². The molecule has 9 nitrogen and oxygen atoms in total. The van der Waals surface area contributed by atoms with Crippen LogP contribution >= 0.6 is 0 Å². The first-order chi connectivity index (χ1) is 29.3. The van der Waals surface area contributed by atoms with Crippen molar-refractivity contribution in [1.82, 2.24) is 5.32 Å². The largest absolute Gasteiger partial charge is 0.394 e. The second-order valence-electron chi connectivity index (χ2n) is 18.0. The van der Waals surface area contributed by atoms with Gasteiger partial charge in [-0.05, 0) is 44.9 Å². The van der Waals surface area contributed by atoms with Crippen molar-refractivity contribution in [3.63, 3.8) is 0 Å². The number of ether oxygens (including phenoxy) is 2. The minimum absolute atomic E-state index is 0.138. The summed E-state index contributed by atoms with van der Waals surface area (Å²) in [6, 6.07) is -0.719. The van der Waals surface area contributed by atoms with Crippen molar-refractivity contribution in [2.45, 2.75) is 281 Å². The van der Waals surface area contributed by atoms with Gasteiger partial charge in [-0.2, -0.15) is 0 Å². The summed E-state index contributed by atoms with van der Waals surface area (Å²) in [5.74, 6) is -0.147. The van der Waals surface area contributed by atoms with Gasteiger partial charge in [0.15, 0.2) is 6.29 Å². The van der Waals surface area contributed by atoms with E-state index in [-0.39, 0.29) is 12.5 Å². The van der Waals surface area contributed by atoms with Crippen LogP contribution in [-0.2, 0) is 14.3 Å². The zero-order valence-corrected chi connectivity index (χ0v) is 39.0. The Morgan fingerprint density at radius 2 is 0.983 bits per heavy atom. The summed E-state index contributed by atoms with van der Waals surface area (Å²) in [5.41, 5.74) is 0. The number of carbonyl (C=O) groups excluding carboxylic acids is 1. The van der Waals surface area contributed by atoms with E-state index in [1.807, 2.05) is 0 Å². The number of carbonyl (C=O) groups is 1. The molecule has 1 heterocycles. The summed E-state index contributed by atoms with van der Waals surface area (Å²) in [4.78, 5) is 13.0. The Morgan fingerprint density at radius 3 is 1.43 bits per heavy atom. The van der Waals surface area contributed by atoms with Gasteiger partial charge >= 0.3 is 0 Å². The minimum Gasteiger partial charge on any atom is -0.394 e. The fourth-order valence-corrected chi connectivity index (χ4v) is 8.19. The highest BCUT2D eigenvalue weighted by atomic mass is 16.7. The van der Waals surface area contributed by atoms with Crippen LogP contribution in [0.4, 0.5) is 0 Å². The topological polar surface area (TPSA) is 149 Å². The third-order valence-electron chi connectivity index (χ3n) is 12.3. The van der Waals surface area contributed by atoms with Crippen LogP contribution in [0.15, 0.2) is 24.3 Å². The molecule has 1 fully saturated rings. The predicted octanol–water partition coefficient (Wildman–Crippen LogP) is 11.5. The molecule has 0 aliphatic carbocycles. The number of nitrogens with one attached hydrogen (secondary N) is 1. The first-order valence-electron chi connectivity index (χ1n) is 25.5. The maximum atomic E-state index is 13.0. The lowest BCUT2D eigenvalue weighted by atomic mass is 9.99. The lowest BCUT2D eigenvalue weighted by molar-refractivity contribution is -0.302. The number of aliphatic hydroxyl groups excluding tert-OH is 5. The van der Waals surface area contributed by atoms with Gasteiger partial charge in [0.1, 0.15) is 24.4 Å². The van der Waals surface area contributed by atoms with Crippen molar-refractivity contribution in [1.29, 1.82) is 0 Å². The van der Waals surface area contributed by atoms with Gasteiger partial charge in [-0.15, -0.1) is 0 Å². The van der Waals surface area contributed by atoms with Crippen LogP contribution in [-0.4, -0.2) is 87.5 Å². The van der Waals surface area contributed by atoms with Crippen LogP contribution in [0, 0.1) is 0 Å². The molecule has 1 aliphatic rings. The third kappa shape index (κ3) is 31.5. The molecule has 354 valence electrons. The number of unbranched alkanes of at least 4 members (excludes halogenated alkanes) is 29. The fraction of sp³-hybridized carbons (Fsp3) is 0.902. The third-order valence-corrected chi connectivity index (χ3v) is 12.3. The zero-order valence-electron chi connectivity index (χ0n) is 39.0. The van der Waals surface area contributed by atoms with Crippen molar-refractivity contribution < 1.29 is 39.8 Å². The summed E-state index contributed by atoms with van der Waals surface area (Å²) in [6.07, 6.45) is 43.2. The molecule has 6 N–H and O–H groups in total. The molecule has 1 aliphatic heterocycles. The summed E-state index contributed by atoms with van der Waals surface area (Å²) in [6.45, 7) is 3.84. The number of hydrogen-bond donors (Lipinski definition) is 6. The van der Waals surface area contributed by atoms with Crippen LogP contribution in [0.5, 0.6) is 0 Å². The Kier molecular flexibility index (Phi) is 39.4. The van der Waals surface area contributed by atoms with E-state index in [2.05, 4.69) is 43.5 Å². The van der Waals surface area contributed by atoms with E-state index in [0.29, 0.717) is 12.8 Å². The van der Waals surface area contributed by atoms with Crippen LogP contribution in [0.2, 0.25) is 0 Å². The fourth-order valence-electron chi connectivity index (χ4n) is 8.19. The van der Waals surface area contributed by atoms with E-state index in [1.54, 1.807) is 0 Å². The van der Waals surface area contributed by atoms with E-state index in [4.69, 9.17) is 9.47 Å². The van der Waals surface area contributed by atoms with Crippen molar-refractivity contribution in [3.8, 4) is 0 Å². The van der Waals surface area contributed by atoms with Gasteiger partial charge < -0.3 is 40.3 Å². The number of allylic oxidation sites excluding steroid dienone is 4. The van der Waals surface area contributed by atoms with Gasteiger partial charge in [-0.1, -0.05) is 212 Å². The molecule has 7 atom stereocenters. The lowest BCUT2D eigenvalue weighted by Gasteiger charge is -2.40. The molecule has 60 heavy (non-hydrogen) atoms. The highest BCUT2D eigenvalue weighted by Gasteiger charge is 2.44. The van der Waals surface area contributed by atoms with E-state index in [9.17, 15) is 30.3 Å². The SMILES string of the molecule is CCCCCCC/C=C\C/C=C\CCCCCCCCCCCC(=O)NC(COC1OC(CO)C(O)C(O)C1O)C(O)CCCCCCCCCCCCCCCCCC. The lowest BCUT2D eigenvalue weighted by Crippen LogP contribution is -2.60. The molecule has 0 aromatic heterocycles. The maximum Gasteiger partial charge on any atom is 0.220 e. The monoisotopic (exact) mass is 852 g/mol. The van der Waals surface area contributed by atoms with Crippen LogP contribution in [0.1, 0.15) is 239 Å². The Balaban J connectivity index is 2.27. The van der Waals surface area contributed by atoms with Crippen molar-refractivity contribution in [2.24, 2.45) is 0 Å². The second-order valence-corrected chi connectivity index (χ2v) is 18.0. The van der Waals surface area contributed by atoms with Gasteiger partial charge in [0.2, 0.25) is 5.91 Å². The minimum atomic E-state index is -1.55. The zero-order chi connectivity index (χ0) is 43.7. The van der Waals surface area contributed by atoms with Crippen LogP contribution in [0.3, 0.4) is 0 Å². The molecular weight excluding hydrogens is 755 g/mol. The van der Waals surface area contributed by atoms with Gasteiger partial charge in [-0.25, -0.2) is 0 Å². The number of rotatable bonds is 43. The summed E-state index contributed by atoms with van der Waals surface area (Å²) in [5, 5.41) is 54.5. The number of amides is 1. The standard InChI is InChI=1S/C51H97NO8/c1-3-5-7-9-11-13-15-17-19-21-22-23-24-25-27-29-31-33-35-37-39-41-47(55)52-44(43-59-51-50(58)49(57)48(56)46(42-53)60-51)45(54)40-38-36-34-32-30-28-26-20-18-16-14-12-10-8-6-4-2/h15,17,21-22,44-46,48-51,53-54,56-58H,3-14,16,18-20,23-43H2,1-2H3,(H,52,55)/b17-15-,22-21-. The van der Waals surface area contributed by atoms with Crippen LogP contribution in [0.25, 0.3) is 0 Å². The molecule has 0 bridgehead atoms. The molecule has 9 heteroatoms. The van der Waals surface area contributed by atoms with E-state index in [1.165, 1.54) is 167 Å². The van der Waals surface area contributed by atoms with Gasteiger partial charge in [0.05, 0.1) is 25.4 Å². The average Bonchev–Trinajstić information content (AvgIpc) is 3.25. The maximum absolute atomic E-state index is 13.0. The first-order valence-corrected chi connectivity index (χ1v) is 25.5. The molecule has 1 rings (SSSR count). The van der Waals surface area contributed by atoms with Crippen LogP contribution < -0.4 is 5.32 Å². The van der Waals surface area contributed by atoms with E-state index >= 15 is 0 Å². The highest BCUT2D eigenvalue weighted by Crippen LogP contribution is 2.23. The molecule has 0 spiro atoms. The normalized spacial score (nSPS) is 20.7. The Morgan fingerprint density at radius 1 is 0.567 bits per heavy atom. The van der Waals surface area contributed by atoms with Crippen molar-refractivity contribution in [3.05, 3.63) is 24.3 Å². The Labute approximate surface area is 369 Å². The van der Waals surface area contributed by atoms with E-state index in [0.717, 1.165) is 44.9 Å². The second kappa shape index (κ2) is 41.7. The van der Waals surface area contributed by atoms with Gasteiger partial charge in [0.25, 0.3) is 0 Å². The molecule has 1 amide bonds. The Bertz CT molecular complexity index is 992. The summed E-state index contributed by atoms with van der Waals surface area (Å²) in [7, 11) is 0. The molecule has 0 aromatic rings. The van der Waals surface area contributed by atoms with Gasteiger partial charge in [-0.3, -0.25) is 4.79 Å². The average molecular weight is 852 g/mol. The number of aliphatic hydroxyl groups is 5. The molecule has 0 radical (unpaired) electrons. The summed E-state index contributed by atoms with van der Waals surface area (Å²) < 4.78 is 11.3. The molecule has 7 unspecified atom stereocenters. The smallest absolute Gasteiger partial charge is 0.220 e. The highest BCUT2D eigenvalue weighted by molar-refractivity contribution is 5.76. The molecule has 0 saturated carbocycles. The number of hydrogen-bond acceptors (Lipinski definition) is 8. The molecular formula is C51H97NO8. The molecule has 0 aromatic carbocycles. The van der Waals surface area contributed by atoms with Crippen molar-refractivity contribution in [2.75, 3.05) is 13.2 Å². The summed E-state index contributed by atoms with van der Waals surface area (Å²) >= 11 is 0. The quantitative estimate of drug-likeness (QED) is 0.0262. The van der Waals surface area contributed by atoms with Gasteiger partial charge in [0, 0.05) is 6.42 Å².